The molecule has 3 aromatic rings. The molecule has 1 atom stereocenters. The summed E-state index contributed by atoms with van der Waals surface area (Å²) in [6.07, 6.45) is 1.93. The van der Waals surface area contributed by atoms with Crippen LogP contribution >= 0.6 is 0 Å². The van der Waals surface area contributed by atoms with Crippen LogP contribution in [0.15, 0.2) is 60.9 Å². The zero-order chi connectivity index (χ0) is 18.8. The third kappa shape index (κ3) is 3.21. The quantitative estimate of drug-likeness (QED) is 0.728. The van der Waals surface area contributed by atoms with Crippen LogP contribution in [0, 0.1) is 0 Å². The van der Waals surface area contributed by atoms with Crippen LogP contribution in [0.25, 0.3) is 11.1 Å². The smallest absolute Gasteiger partial charge is 0.329 e. The van der Waals surface area contributed by atoms with Crippen LogP contribution < -0.4 is 0 Å². The first-order valence-corrected chi connectivity index (χ1v) is 8.73. The number of hydrogen-bond donors (Lipinski definition) is 1. The molecule has 1 N–H and O–H groups in total. The van der Waals surface area contributed by atoms with E-state index < -0.39 is 12.0 Å². The van der Waals surface area contributed by atoms with Gasteiger partial charge in [0, 0.05) is 12.0 Å². The molecule has 4 rings (SSSR count). The van der Waals surface area contributed by atoms with Gasteiger partial charge in [-0.2, -0.15) is 0 Å². The number of ether oxygens (including phenoxy) is 1. The summed E-state index contributed by atoms with van der Waals surface area (Å²) < 4.78 is 4.90. The number of carbonyl (C=O) groups excluding carboxylic acids is 2. The Labute approximate surface area is 156 Å². The van der Waals surface area contributed by atoms with Crippen LogP contribution in [0.2, 0.25) is 0 Å². The average molecular weight is 361 g/mol. The van der Waals surface area contributed by atoms with Crippen molar-refractivity contribution in [3.8, 4) is 11.1 Å². The maximum Gasteiger partial charge on any atom is 0.329 e. The number of aromatic nitrogens is 2. The zero-order valence-corrected chi connectivity index (χ0v) is 14.9. The van der Waals surface area contributed by atoms with Gasteiger partial charge in [0.2, 0.25) is 0 Å². The molecule has 0 aliphatic carbocycles. The van der Waals surface area contributed by atoms with Crippen LogP contribution in [0.3, 0.4) is 0 Å². The summed E-state index contributed by atoms with van der Waals surface area (Å²) in [7, 11) is 1.33. The van der Waals surface area contributed by atoms with Crippen molar-refractivity contribution in [3.63, 3.8) is 0 Å². The largest absolute Gasteiger partial charge is 0.467 e. The lowest BCUT2D eigenvalue weighted by atomic mass is 10.00. The molecule has 0 fully saturated rings. The maximum atomic E-state index is 13.1. The second-order valence-corrected chi connectivity index (χ2v) is 6.45. The number of esters is 1. The molecule has 6 nitrogen and oxygen atoms in total. The van der Waals surface area contributed by atoms with E-state index in [4.69, 9.17) is 4.74 Å². The first kappa shape index (κ1) is 17.0. The number of nitrogens with zero attached hydrogens (tertiary/aromatic N) is 2. The fraction of sp³-hybridized carbons (Fsp3) is 0.190. The molecule has 1 aliphatic heterocycles. The molecule has 1 unspecified atom stereocenters. The van der Waals surface area contributed by atoms with Crippen molar-refractivity contribution >= 4 is 11.9 Å². The number of imidazole rings is 1. The second-order valence-electron chi connectivity index (χ2n) is 6.45. The summed E-state index contributed by atoms with van der Waals surface area (Å²) in [5.74, 6) is -0.636. The lowest BCUT2D eigenvalue weighted by Crippen LogP contribution is -2.49. The monoisotopic (exact) mass is 361 g/mol. The highest BCUT2D eigenvalue weighted by Gasteiger charge is 2.37. The fourth-order valence-corrected chi connectivity index (χ4v) is 3.40. The molecule has 0 bridgehead atoms. The highest BCUT2D eigenvalue weighted by atomic mass is 16.5. The molecule has 0 saturated heterocycles. The molecule has 0 spiro atoms. The molecular weight excluding hydrogens is 342 g/mol. The second kappa shape index (κ2) is 7.07. The van der Waals surface area contributed by atoms with Crippen molar-refractivity contribution in [1.29, 1.82) is 0 Å². The van der Waals surface area contributed by atoms with E-state index in [1.54, 1.807) is 23.4 Å². The molecule has 0 radical (unpaired) electrons. The van der Waals surface area contributed by atoms with Crippen LogP contribution in [0.4, 0.5) is 0 Å². The van der Waals surface area contributed by atoms with Gasteiger partial charge < -0.3 is 14.6 Å². The summed E-state index contributed by atoms with van der Waals surface area (Å²) in [6, 6.07) is 16.7. The highest BCUT2D eigenvalue weighted by molar-refractivity contribution is 5.97. The summed E-state index contributed by atoms with van der Waals surface area (Å²) in [6.45, 7) is 0.300. The molecule has 0 saturated carbocycles. The van der Waals surface area contributed by atoms with Gasteiger partial charge in [0.05, 0.1) is 31.4 Å². The third-order valence-corrected chi connectivity index (χ3v) is 4.87. The van der Waals surface area contributed by atoms with Gasteiger partial charge in [0.25, 0.3) is 5.91 Å². The molecule has 27 heavy (non-hydrogen) atoms. The lowest BCUT2D eigenvalue weighted by Gasteiger charge is -2.33. The molecule has 2 aromatic carbocycles. The molecule has 6 heteroatoms. The van der Waals surface area contributed by atoms with Gasteiger partial charge in [-0.05, 0) is 23.3 Å². The van der Waals surface area contributed by atoms with Crippen molar-refractivity contribution < 1.29 is 14.3 Å². The third-order valence-electron chi connectivity index (χ3n) is 4.87. The Morgan fingerprint density at radius 1 is 1.07 bits per heavy atom. The number of rotatable bonds is 3. The Morgan fingerprint density at radius 2 is 1.78 bits per heavy atom. The summed E-state index contributed by atoms with van der Waals surface area (Å²) >= 11 is 0. The Bertz CT molecular complexity index is 964. The van der Waals surface area contributed by atoms with Gasteiger partial charge in [-0.15, -0.1) is 0 Å². The predicted octanol–water partition coefficient (Wildman–Crippen LogP) is 2.82. The van der Waals surface area contributed by atoms with Crippen molar-refractivity contribution in [2.24, 2.45) is 0 Å². The molecule has 1 aromatic heterocycles. The van der Waals surface area contributed by atoms with Crippen LogP contribution in [0.1, 0.15) is 21.7 Å². The van der Waals surface area contributed by atoms with Gasteiger partial charge in [-0.3, -0.25) is 4.79 Å². The molecule has 1 amide bonds. The van der Waals surface area contributed by atoms with Gasteiger partial charge in [-0.25, -0.2) is 9.78 Å². The Kier molecular flexibility index (Phi) is 4.46. The molecule has 1 aliphatic rings. The Morgan fingerprint density at radius 3 is 2.48 bits per heavy atom. The Balaban J connectivity index is 1.61. The van der Waals surface area contributed by atoms with Crippen molar-refractivity contribution in [2.75, 3.05) is 7.11 Å². The van der Waals surface area contributed by atoms with E-state index in [2.05, 4.69) is 9.97 Å². The average Bonchev–Trinajstić information content (AvgIpc) is 3.20. The number of H-pyrrole nitrogens is 1. The maximum absolute atomic E-state index is 13.1. The number of aromatic amines is 1. The van der Waals surface area contributed by atoms with Crippen molar-refractivity contribution in [3.05, 3.63) is 77.9 Å². The minimum atomic E-state index is -0.674. The van der Waals surface area contributed by atoms with E-state index >= 15 is 0 Å². The minimum absolute atomic E-state index is 0.203. The standard InChI is InChI=1S/C21H19N3O3/c1-27-21(26)19-11-17-18(23-13-22-17)12-24(19)20(25)16-9-7-15(8-10-16)14-5-3-2-4-6-14/h2-10,13,19H,11-12H2,1H3,(H,22,23). The van der Waals surface area contributed by atoms with Crippen LogP contribution in [-0.4, -0.2) is 39.9 Å². The van der Waals surface area contributed by atoms with E-state index in [1.165, 1.54) is 7.11 Å². The lowest BCUT2D eigenvalue weighted by molar-refractivity contribution is -0.146. The van der Waals surface area contributed by atoms with Gasteiger partial charge in [0.15, 0.2) is 0 Å². The number of carbonyl (C=O) groups is 2. The highest BCUT2D eigenvalue weighted by Crippen LogP contribution is 2.25. The summed E-state index contributed by atoms with van der Waals surface area (Å²) in [5, 5.41) is 0. The molecule has 136 valence electrons. The molecular formula is C21H19N3O3. The number of methoxy groups -OCH3 is 1. The van der Waals surface area contributed by atoms with Crippen molar-refractivity contribution in [1.82, 2.24) is 14.9 Å². The predicted molar refractivity (Wildman–Crippen MR) is 99.8 cm³/mol. The zero-order valence-electron chi connectivity index (χ0n) is 14.9. The van der Waals surface area contributed by atoms with E-state index in [-0.39, 0.29) is 5.91 Å². The number of benzene rings is 2. The fourth-order valence-electron chi connectivity index (χ4n) is 3.40. The van der Waals surface area contributed by atoms with Crippen LogP contribution in [0.5, 0.6) is 0 Å². The number of hydrogen-bond acceptors (Lipinski definition) is 4. The van der Waals surface area contributed by atoms with Gasteiger partial charge in [-0.1, -0.05) is 42.5 Å². The van der Waals surface area contributed by atoms with E-state index in [9.17, 15) is 9.59 Å². The minimum Gasteiger partial charge on any atom is -0.467 e. The number of nitrogens with one attached hydrogen (secondary N) is 1. The first-order valence-electron chi connectivity index (χ1n) is 8.73. The SMILES string of the molecule is COC(=O)C1Cc2nc[nH]c2CN1C(=O)c1ccc(-c2ccccc2)cc1. The van der Waals surface area contributed by atoms with Crippen molar-refractivity contribution in [2.45, 2.75) is 19.0 Å². The van der Waals surface area contributed by atoms with Gasteiger partial charge in [0.1, 0.15) is 6.04 Å². The number of amides is 1. The summed E-state index contributed by atoms with van der Waals surface area (Å²) in [5.41, 5.74) is 4.31. The first-order chi connectivity index (χ1) is 13.2. The van der Waals surface area contributed by atoms with Gasteiger partial charge >= 0.3 is 5.97 Å². The molecule has 2 heterocycles. The van der Waals surface area contributed by atoms with E-state index in [0.717, 1.165) is 22.5 Å². The topological polar surface area (TPSA) is 75.3 Å². The van der Waals surface area contributed by atoms with E-state index in [0.29, 0.717) is 18.5 Å². The van der Waals surface area contributed by atoms with Crippen LogP contribution in [-0.2, 0) is 22.5 Å². The number of fused-ring (bicyclic) bond motifs is 1. The summed E-state index contributed by atoms with van der Waals surface area (Å²) in [4.78, 5) is 34.1. The van der Waals surface area contributed by atoms with E-state index in [1.807, 2.05) is 42.5 Å². The normalized spacial score (nSPS) is 15.9. The Hall–Kier alpha value is -3.41.